The van der Waals surface area contributed by atoms with Gasteiger partial charge in [-0.05, 0) is 0 Å². The van der Waals surface area contributed by atoms with Gasteiger partial charge in [0.05, 0.1) is 0 Å². The summed E-state index contributed by atoms with van der Waals surface area (Å²) in [5.74, 6) is 0. The fraction of sp³-hybridized carbons (Fsp3) is 0.111. The zero-order chi connectivity index (χ0) is 28.0. The molecule has 11 heteroatoms. The Morgan fingerprint density at radius 1 is 0.395 bits per heavy atom. The second-order valence-corrected chi connectivity index (χ2v) is 18.4. The molecular formula is C27H17F9IP. The van der Waals surface area contributed by atoms with Crippen LogP contribution in [0.2, 0.25) is 0 Å². The minimum atomic E-state index is -4.81. The Morgan fingerprint density at radius 2 is 0.684 bits per heavy atom. The topological polar surface area (TPSA) is 0 Å². The van der Waals surface area contributed by atoms with Crippen LogP contribution in [0, 0.1) is 0 Å². The van der Waals surface area contributed by atoms with Crippen LogP contribution in [0.3, 0.4) is 0 Å². The Hall–Kier alpha value is -2.59. The monoisotopic (exact) mass is 670 g/mol. The van der Waals surface area contributed by atoms with Crippen LogP contribution in [0.1, 0.15) is 16.7 Å². The van der Waals surface area contributed by atoms with Gasteiger partial charge in [0.1, 0.15) is 0 Å². The van der Waals surface area contributed by atoms with Crippen molar-refractivity contribution in [3.05, 3.63) is 120 Å². The van der Waals surface area contributed by atoms with E-state index >= 15 is 0 Å². The van der Waals surface area contributed by atoms with E-state index in [9.17, 15) is 39.5 Å². The summed E-state index contributed by atoms with van der Waals surface area (Å²) in [5, 5.41) is 0.154. The SMILES string of the molecule is FC(F)(F)c1cccc(P(I)(c2ccccc2)(c2cccc(C(F)(F)F)c2)c2cccc(C(F)(F)F)c2)c1. The third-order valence-electron chi connectivity index (χ3n) is 6.22. The predicted octanol–water partition coefficient (Wildman–Crippen LogP) is 8.25. The first-order valence-corrected chi connectivity index (χ1v) is 15.9. The van der Waals surface area contributed by atoms with Crippen molar-refractivity contribution in [2.75, 3.05) is 0 Å². The van der Waals surface area contributed by atoms with Gasteiger partial charge >= 0.3 is 225 Å². The zero-order valence-corrected chi connectivity index (χ0v) is 22.1. The number of alkyl halides is 9. The zero-order valence-electron chi connectivity index (χ0n) is 19.0. The molecule has 200 valence electrons. The predicted molar refractivity (Wildman–Crippen MR) is 140 cm³/mol. The van der Waals surface area contributed by atoms with E-state index in [4.69, 9.17) is 0 Å². The summed E-state index contributed by atoms with van der Waals surface area (Å²) in [6.07, 6.45) is -14.4. The maximum atomic E-state index is 13.8. The van der Waals surface area contributed by atoms with E-state index in [0.29, 0.717) is 0 Å². The molecule has 0 saturated heterocycles. The molecule has 0 aliphatic heterocycles. The van der Waals surface area contributed by atoms with Crippen molar-refractivity contribution >= 4 is 47.5 Å². The molecule has 4 rings (SSSR count). The van der Waals surface area contributed by atoms with Crippen molar-refractivity contribution in [2.24, 2.45) is 0 Å². The molecule has 0 nitrogen and oxygen atoms in total. The second-order valence-electron chi connectivity index (χ2n) is 8.49. The van der Waals surface area contributed by atoms with Crippen molar-refractivity contribution < 1.29 is 39.5 Å². The first-order chi connectivity index (χ1) is 17.6. The summed E-state index contributed by atoms with van der Waals surface area (Å²) < 4.78 is 120. The van der Waals surface area contributed by atoms with E-state index < -0.39 is 39.5 Å². The van der Waals surface area contributed by atoms with Crippen LogP contribution >= 0.6 is 26.3 Å². The van der Waals surface area contributed by atoms with Crippen LogP contribution in [0.15, 0.2) is 103 Å². The Bertz CT molecular complexity index is 1320. The molecule has 0 saturated carbocycles. The van der Waals surface area contributed by atoms with Gasteiger partial charge in [-0.15, -0.1) is 0 Å². The van der Waals surface area contributed by atoms with E-state index in [1.54, 1.807) is 18.2 Å². The van der Waals surface area contributed by atoms with Gasteiger partial charge in [-0.25, -0.2) is 0 Å². The van der Waals surface area contributed by atoms with Crippen molar-refractivity contribution in [3.63, 3.8) is 0 Å². The summed E-state index contributed by atoms with van der Waals surface area (Å²) in [7, 11) is 0. The van der Waals surface area contributed by atoms with Crippen molar-refractivity contribution in [1.29, 1.82) is 0 Å². The molecule has 0 N–H and O–H groups in total. The van der Waals surface area contributed by atoms with Gasteiger partial charge < -0.3 is 0 Å². The summed E-state index contributed by atoms with van der Waals surface area (Å²) in [5.41, 5.74) is -3.22. The molecular weight excluding hydrogens is 653 g/mol. The minimum absolute atomic E-state index is 0.0451. The van der Waals surface area contributed by atoms with E-state index in [0.717, 1.165) is 54.6 Å². The molecule has 0 radical (unpaired) electrons. The molecule has 0 aliphatic rings. The molecule has 0 fully saturated rings. The average molecular weight is 670 g/mol. The fourth-order valence-corrected chi connectivity index (χ4v) is 12.9. The average Bonchev–Trinajstić information content (AvgIpc) is 2.87. The molecule has 0 aromatic heterocycles. The van der Waals surface area contributed by atoms with Gasteiger partial charge in [0.2, 0.25) is 0 Å². The van der Waals surface area contributed by atoms with E-state index in [2.05, 4.69) is 0 Å². The number of rotatable bonds is 4. The maximum absolute atomic E-state index is 13.8. The first-order valence-electron chi connectivity index (χ1n) is 10.9. The second kappa shape index (κ2) is 9.55. The summed E-state index contributed by atoms with van der Waals surface area (Å²) in [4.78, 5) is 0. The molecule has 0 aliphatic carbocycles. The molecule has 4 aromatic carbocycles. The summed E-state index contributed by atoms with van der Waals surface area (Å²) >= 11 is 1.83. The number of benzene rings is 4. The fourth-order valence-electron chi connectivity index (χ4n) is 4.43. The summed E-state index contributed by atoms with van der Waals surface area (Å²) in [6, 6.07) is 19.9. The molecule has 0 amide bonds. The molecule has 38 heavy (non-hydrogen) atoms. The Labute approximate surface area is 224 Å². The Morgan fingerprint density at radius 3 is 0.974 bits per heavy atom. The van der Waals surface area contributed by atoms with Crippen LogP contribution in [0.5, 0.6) is 0 Å². The third kappa shape index (κ3) is 4.81. The van der Waals surface area contributed by atoms with Gasteiger partial charge in [0.15, 0.2) is 0 Å². The molecule has 0 heterocycles. The third-order valence-corrected chi connectivity index (χ3v) is 17.9. The normalized spacial score (nSPS) is 14.1. The van der Waals surface area contributed by atoms with Crippen LogP contribution in [0.4, 0.5) is 39.5 Å². The van der Waals surface area contributed by atoms with Gasteiger partial charge in [-0.1, -0.05) is 0 Å². The molecule has 4 aromatic rings. The number of hydrogen-bond donors (Lipinski definition) is 0. The van der Waals surface area contributed by atoms with Crippen molar-refractivity contribution in [3.8, 4) is 0 Å². The van der Waals surface area contributed by atoms with Crippen LogP contribution in [-0.2, 0) is 18.5 Å². The quantitative estimate of drug-likeness (QED) is 0.117. The van der Waals surface area contributed by atoms with Crippen LogP contribution in [-0.4, -0.2) is 0 Å². The van der Waals surface area contributed by atoms with E-state index in [1.165, 1.54) is 30.3 Å². The van der Waals surface area contributed by atoms with Gasteiger partial charge in [-0.2, -0.15) is 0 Å². The number of hydrogen-bond acceptors (Lipinski definition) is 0. The number of halogens is 10. The summed E-state index contributed by atoms with van der Waals surface area (Å²) in [6.45, 7) is 0. The van der Waals surface area contributed by atoms with Crippen molar-refractivity contribution in [2.45, 2.75) is 18.5 Å². The van der Waals surface area contributed by atoms with Gasteiger partial charge in [0, 0.05) is 0 Å². The molecule has 0 bridgehead atoms. The Kier molecular flexibility index (Phi) is 7.14. The van der Waals surface area contributed by atoms with Gasteiger partial charge in [-0.3, -0.25) is 0 Å². The van der Waals surface area contributed by atoms with Crippen LogP contribution < -0.4 is 21.2 Å². The molecule has 0 spiro atoms. The first kappa shape index (κ1) is 28.4. The standard InChI is InChI=1S/C27H17F9IP/c28-25(29,30)18-7-4-12-22(15-18)38(37,21-10-2-1-3-11-21,23-13-5-8-19(16-23)26(31,32)33)24-14-6-9-20(17-24)27(34,35)36/h1-17H. The van der Waals surface area contributed by atoms with Crippen LogP contribution in [0.25, 0.3) is 0 Å². The Balaban J connectivity index is 2.27. The van der Waals surface area contributed by atoms with E-state index in [1.807, 2.05) is 22.0 Å². The van der Waals surface area contributed by atoms with Crippen molar-refractivity contribution in [1.82, 2.24) is 0 Å². The molecule has 0 unspecified atom stereocenters. The van der Waals surface area contributed by atoms with Gasteiger partial charge in [0.25, 0.3) is 0 Å². The van der Waals surface area contributed by atoms with E-state index in [-0.39, 0.29) is 21.2 Å². The molecule has 0 atom stereocenters.